The molecule has 1 fully saturated rings. The molecule has 4 N–H and O–H groups in total. The minimum atomic E-state index is -1.06. The van der Waals surface area contributed by atoms with Crippen LogP contribution in [-0.2, 0) is 38.1 Å². The smallest absolute Gasteiger partial charge is 0.317 e. The molecule has 16 nitrogen and oxygen atoms in total. The topological polar surface area (TPSA) is 199 Å². The van der Waals surface area contributed by atoms with Gasteiger partial charge in [0.15, 0.2) is 0 Å². The Hall–Kier alpha value is -2.44. The Labute approximate surface area is 221 Å². The van der Waals surface area contributed by atoms with E-state index < -0.39 is 23.8 Å². The number of carbonyl (C=O) groups excluding carboxylic acids is 2. The minimum Gasteiger partial charge on any atom is -0.480 e. The van der Waals surface area contributed by atoms with E-state index in [1.165, 1.54) is 9.80 Å². The zero-order chi connectivity index (χ0) is 28.2. The van der Waals surface area contributed by atoms with E-state index in [0.29, 0.717) is 10.1 Å². The lowest BCUT2D eigenvalue weighted by Gasteiger charge is -2.22. The third-order valence-electron chi connectivity index (χ3n) is 5.32. The molecule has 0 atom stereocenters. The van der Waals surface area contributed by atoms with E-state index in [4.69, 9.17) is 29.2 Å². The number of aliphatic carboxylic acids is 2. The molecule has 0 bridgehead atoms. The normalized spacial score (nSPS) is 21.3. The Morgan fingerprint density at radius 1 is 0.553 bits per heavy atom. The first-order valence-electron chi connectivity index (χ1n) is 12.4. The summed E-state index contributed by atoms with van der Waals surface area (Å²) in [5, 5.41) is 39.0. The Morgan fingerprint density at radius 3 is 1.18 bits per heavy atom. The molecular formula is C22H40N4O12. The van der Waals surface area contributed by atoms with E-state index in [9.17, 15) is 29.6 Å². The molecule has 0 radical (unpaired) electrons. The molecule has 0 unspecified atom stereocenters. The third kappa shape index (κ3) is 17.1. The number of rotatable bonds is 4. The average Bonchev–Trinajstić information content (AvgIpc) is 2.86. The van der Waals surface area contributed by atoms with Crippen LogP contribution in [0.3, 0.4) is 0 Å². The second-order valence-corrected chi connectivity index (χ2v) is 8.32. The van der Waals surface area contributed by atoms with Crippen LogP contribution in [0.2, 0.25) is 0 Å². The van der Waals surface area contributed by atoms with Gasteiger partial charge in [0, 0.05) is 39.0 Å². The monoisotopic (exact) mass is 552 g/mol. The first-order valence-corrected chi connectivity index (χ1v) is 12.4. The van der Waals surface area contributed by atoms with Gasteiger partial charge in [0.1, 0.15) is 0 Å². The van der Waals surface area contributed by atoms with Crippen molar-refractivity contribution in [2.45, 2.75) is 12.8 Å². The fourth-order valence-electron chi connectivity index (χ4n) is 3.27. The van der Waals surface area contributed by atoms with Crippen LogP contribution >= 0.6 is 0 Å². The molecule has 220 valence electrons. The highest BCUT2D eigenvalue weighted by Crippen LogP contribution is 1.99. The Balaban J connectivity index is 2.61. The van der Waals surface area contributed by atoms with Crippen molar-refractivity contribution >= 4 is 23.8 Å². The second kappa shape index (κ2) is 20.5. The molecule has 16 heteroatoms. The quantitative estimate of drug-likeness (QED) is 0.281. The summed E-state index contributed by atoms with van der Waals surface area (Å²) in [7, 11) is 0. The lowest BCUT2D eigenvalue weighted by molar-refractivity contribution is -0.170. The van der Waals surface area contributed by atoms with Gasteiger partial charge in [0.2, 0.25) is 11.8 Å². The van der Waals surface area contributed by atoms with Gasteiger partial charge in [-0.05, 0) is 0 Å². The SMILES string of the molecule is O=C(O)CN1CCOCCOCCN(CC(=O)O)CCC(=O)N(O)CCOCCOCCN(O)C(=O)CC1. The van der Waals surface area contributed by atoms with Crippen LogP contribution in [0, 0.1) is 0 Å². The van der Waals surface area contributed by atoms with Gasteiger partial charge in [-0.3, -0.25) is 39.4 Å². The fourth-order valence-corrected chi connectivity index (χ4v) is 3.27. The average molecular weight is 553 g/mol. The maximum Gasteiger partial charge on any atom is 0.317 e. The molecule has 0 saturated carbocycles. The van der Waals surface area contributed by atoms with Gasteiger partial charge in [-0.15, -0.1) is 0 Å². The Morgan fingerprint density at radius 2 is 0.868 bits per heavy atom. The van der Waals surface area contributed by atoms with E-state index in [1.54, 1.807) is 0 Å². The van der Waals surface area contributed by atoms with E-state index in [-0.39, 0.29) is 118 Å². The number of hydroxylamine groups is 4. The molecule has 1 aliphatic rings. The first kappa shape index (κ1) is 33.6. The van der Waals surface area contributed by atoms with Gasteiger partial charge in [0.25, 0.3) is 0 Å². The summed E-state index contributed by atoms with van der Waals surface area (Å²) in [5.41, 5.74) is 0. The maximum absolute atomic E-state index is 12.1. The van der Waals surface area contributed by atoms with Crippen molar-refractivity contribution in [2.24, 2.45) is 0 Å². The van der Waals surface area contributed by atoms with Gasteiger partial charge in [-0.2, -0.15) is 0 Å². The summed E-state index contributed by atoms with van der Waals surface area (Å²) in [6, 6.07) is 0. The van der Waals surface area contributed by atoms with Crippen LogP contribution in [0.25, 0.3) is 0 Å². The molecule has 0 aromatic heterocycles. The van der Waals surface area contributed by atoms with Crippen LogP contribution in [0.4, 0.5) is 0 Å². The van der Waals surface area contributed by atoms with E-state index >= 15 is 0 Å². The molecule has 0 spiro atoms. The third-order valence-corrected chi connectivity index (χ3v) is 5.32. The van der Waals surface area contributed by atoms with Crippen molar-refractivity contribution in [2.75, 3.05) is 105 Å². The summed E-state index contributed by atoms with van der Waals surface area (Å²) >= 11 is 0. The number of nitrogens with zero attached hydrogens (tertiary/aromatic N) is 4. The number of hydrogen-bond donors (Lipinski definition) is 4. The predicted octanol–water partition coefficient (Wildman–Crippen LogP) is -1.94. The maximum atomic E-state index is 12.1. The number of amides is 2. The molecule has 1 aliphatic heterocycles. The molecule has 38 heavy (non-hydrogen) atoms. The van der Waals surface area contributed by atoms with Crippen LogP contribution in [0.1, 0.15) is 12.8 Å². The van der Waals surface area contributed by atoms with Crippen molar-refractivity contribution in [3.63, 3.8) is 0 Å². The highest BCUT2D eigenvalue weighted by Gasteiger charge is 2.17. The van der Waals surface area contributed by atoms with E-state index in [2.05, 4.69) is 0 Å². The highest BCUT2D eigenvalue weighted by atomic mass is 16.5. The van der Waals surface area contributed by atoms with Gasteiger partial charge in [-0.25, -0.2) is 10.1 Å². The fraction of sp³-hybridized carbons (Fsp3) is 0.818. The Bertz CT molecular complexity index is 656. The van der Waals surface area contributed by atoms with Crippen molar-refractivity contribution in [1.82, 2.24) is 19.9 Å². The van der Waals surface area contributed by atoms with Crippen LogP contribution in [0.15, 0.2) is 0 Å². The molecule has 0 aromatic carbocycles. The summed E-state index contributed by atoms with van der Waals surface area (Å²) in [6.07, 6.45) is -0.196. The van der Waals surface area contributed by atoms with Gasteiger partial charge >= 0.3 is 11.9 Å². The van der Waals surface area contributed by atoms with Crippen molar-refractivity contribution in [3.8, 4) is 0 Å². The lowest BCUT2D eigenvalue weighted by atomic mass is 10.3. The van der Waals surface area contributed by atoms with Gasteiger partial charge < -0.3 is 29.2 Å². The number of hydrogen-bond acceptors (Lipinski definition) is 12. The van der Waals surface area contributed by atoms with Crippen LogP contribution < -0.4 is 0 Å². The Kier molecular flexibility index (Phi) is 18.1. The number of carboxylic acid groups (broad SMARTS) is 2. The van der Waals surface area contributed by atoms with Crippen molar-refractivity contribution in [3.05, 3.63) is 0 Å². The second-order valence-electron chi connectivity index (χ2n) is 8.32. The molecule has 1 heterocycles. The molecule has 0 aliphatic carbocycles. The number of ether oxygens (including phenoxy) is 4. The largest absolute Gasteiger partial charge is 0.480 e. The summed E-state index contributed by atoms with van der Waals surface area (Å²) in [5.74, 6) is -3.28. The summed E-state index contributed by atoms with van der Waals surface area (Å²) in [6.45, 7) is 1.14. The molecular weight excluding hydrogens is 512 g/mol. The number of carboxylic acids is 2. The van der Waals surface area contributed by atoms with Crippen molar-refractivity contribution in [1.29, 1.82) is 0 Å². The summed E-state index contributed by atoms with van der Waals surface area (Å²) in [4.78, 5) is 49.5. The van der Waals surface area contributed by atoms with Crippen LogP contribution in [0.5, 0.6) is 0 Å². The molecule has 2 amide bonds. The molecule has 1 saturated heterocycles. The minimum absolute atomic E-state index is 0.0395. The van der Waals surface area contributed by atoms with E-state index in [1.807, 2.05) is 0 Å². The van der Waals surface area contributed by atoms with Crippen LogP contribution in [-0.4, -0.2) is 170 Å². The standard InChI is InChI=1S/C22H40N4O12/c27-19-1-3-23(17-21(29)30)5-9-35-13-14-36-10-6-24(18-22(31)32)4-2-20(28)26(34)8-12-38-16-15-37-11-7-25(19)33/h33-34H,1-18H2,(H,29,30)(H,31,32). The zero-order valence-corrected chi connectivity index (χ0v) is 21.6. The lowest BCUT2D eigenvalue weighted by Crippen LogP contribution is -2.38. The summed E-state index contributed by atoms with van der Waals surface area (Å²) < 4.78 is 21.5. The predicted molar refractivity (Wildman–Crippen MR) is 128 cm³/mol. The van der Waals surface area contributed by atoms with Gasteiger partial charge in [-0.1, -0.05) is 0 Å². The molecule has 1 rings (SSSR count). The molecule has 0 aromatic rings. The van der Waals surface area contributed by atoms with E-state index in [0.717, 1.165) is 0 Å². The highest BCUT2D eigenvalue weighted by molar-refractivity contribution is 5.75. The zero-order valence-electron chi connectivity index (χ0n) is 21.6. The van der Waals surface area contributed by atoms with Crippen molar-refractivity contribution < 1.29 is 58.8 Å². The first-order chi connectivity index (χ1) is 18.2. The van der Waals surface area contributed by atoms with Gasteiger partial charge in [0.05, 0.1) is 79.0 Å². The number of carbonyl (C=O) groups is 4.